The van der Waals surface area contributed by atoms with Crippen molar-refractivity contribution in [1.29, 1.82) is 0 Å². The molecule has 1 aliphatic heterocycles. The number of hydrogen-bond donors (Lipinski definition) is 2. The number of benzene rings is 1. The molecule has 0 unspecified atom stereocenters. The summed E-state index contributed by atoms with van der Waals surface area (Å²) >= 11 is 5.63. The highest BCUT2D eigenvalue weighted by Crippen LogP contribution is 2.35. The minimum absolute atomic E-state index is 0.0499. The number of urea groups is 1. The molecule has 0 aliphatic carbocycles. The normalized spacial score (nSPS) is 17.1. The van der Waals surface area contributed by atoms with Crippen molar-refractivity contribution in [3.8, 4) is 0 Å². The largest absolute Gasteiger partial charge is 0.465 e. The van der Waals surface area contributed by atoms with Crippen molar-refractivity contribution in [2.75, 3.05) is 13.2 Å². The first-order valence-corrected chi connectivity index (χ1v) is 6.35. The summed E-state index contributed by atoms with van der Waals surface area (Å²) in [6, 6.07) is 4.02. The zero-order valence-corrected chi connectivity index (χ0v) is 11.6. The van der Waals surface area contributed by atoms with Crippen molar-refractivity contribution in [3.63, 3.8) is 0 Å². The van der Waals surface area contributed by atoms with Gasteiger partial charge in [-0.1, -0.05) is 11.6 Å². The van der Waals surface area contributed by atoms with Gasteiger partial charge in [0, 0.05) is 10.6 Å². The summed E-state index contributed by atoms with van der Waals surface area (Å²) in [6.45, 7) is -0.685. The van der Waals surface area contributed by atoms with Crippen LogP contribution >= 0.6 is 11.6 Å². The summed E-state index contributed by atoms with van der Waals surface area (Å²) < 4.78 is 47.5. The van der Waals surface area contributed by atoms with Crippen molar-refractivity contribution < 1.29 is 32.2 Å². The monoisotopic (exact) mass is 338 g/mol. The number of imide groups is 1. The average Bonchev–Trinajstić information content (AvgIpc) is 2.88. The Balaban J connectivity index is 2.03. The van der Waals surface area contributed by atoms with E-state index >= 15 is 0 Å². The number of alkyl halides is 3. The Morgan fingerprint density at radius 3 is 2.18 bits per heavy atom. The van der Waals surface area contributed by atoms with Crippen molar-refractivity contribution in [3.05, 3.63) is 34.9 Å². The molecule has 10 heteroatoms. The van der Waals surface area contributed by atoms with Crippen LogP contribution in [-0.4, -0.2) is 37.2 Å². The number of halogens is 4. The number of carbonyl (C=O) groups excluding carboxylic acids is 2. The maximum atomic E-state index is 12.9. The smallest absolute Gasteiger partial charge is 0.323 e. The first-order valence-electron chi connectivity index (χ1n) is 5.97. The summed E-state index contributed by atoms with van der Waals surface area (Å²) in [5, 5.41) is 3.59. The first-order chi connectivity index (χ1) is 10.2. The van der Waals surface area contributed by atoms with Gasteiger partial charge in [0.25, 0.3) is 5.91 Å². The van der Waals surface area contributed by atoms with Gasteiger partial charge in [-0.2, -0.15) is 13.2 Å². The second kappa shape index (κ2) is 6.11. The fourth-order valence-corrected chi connectivity index (χ4v) is 1.80. The standard InChI is InChI=1S/C12H10ClF3N2O4/c13-8-3-1-7(2-4-8)9(19)17-10(20)18-12(11(14,15)16)21-5-6-22-12/h1-4H,5-6H2,(H2,17,18,19,20). The molecule has 6 nitrogen and oxygen atoms in total. The first kappa shape index (κ1) is 16.5. The molecule has 1 aromatic rings. The van der Waals surface area contributed by atoms with Crippen LogP contribution in [0.5, 0.6) is 0 Å². The van der Waals surface area contributed by atoms with Gasteiger partial charge in [-0.3, -0.25) is 15.4 Å². The second-order valence-corrected chi connectivity index (χ2v) is 4.66. The lowest BCUT2D eigenvalue weighted by molar-refractivity contribution is -0.351. The maximum Gasteiger partial charge on any atom is 0.465 e. The molecule has 1 aromatic carbocycles. The Bertz CT molecular complexity index is 571. The van der Waals surface area contributed by atoms with Gasteiger partial charge < -0.3 is 9.47 Å². The zero-order valence-electron chi connectivity index (χ0n) is 10.9. The van der Waals surface area contributed by atoms with E-state index in [4.69, 9.17) is 11.6 Å². The number of hydrogen-bond acceptors (Lipinski definition) is 4. The third-order valence-corrected chi connectivity index (χ3v) is 2.93. The molecule has 0 saturated carbocycles. The molecular formula is C12H10ClF3N2O4. The third kappa shape index (κ3) is 3.49. The highest BCUT2D eigenvalue weighted by molar-refractivity contribution is 6.30. The van der Waals surface area contributed by atoms with Gasteiger partial charge in [0.1, 0.15) is 0 Å². The Hall–Kier alpha value is -1.84. The van der Waals surface area contributed by atoms with Gasteiger partial charge in [-0.25, -0.2) is 4.79 Å². The number of rotatable bonds is 2. The Morgan fingerprint density at radius 1 is 1.14 bits per heavy atom. The van der Waals surface area contributed by atoms with Crippen LogP contribution in [0.3, 0.4) is 0 Å². The van der Waals surface area contributed by atoms with Crippen LogP contribution in [0.1, 0.15) is 10.4 Å². The lowest BCUT2D eigenvalue weighted by atomic mass is 10.2. The maximum absolute atomic E-state index is 12.9. The molecule has 0 spiro atoms. The number of ether oxygens (including phenoxy) is 2. The molecule has 0 bridgehead atoms. The van der Waals surface area contributed by atoms with Crippen molar-refractivity contribution in [1.82, 2.24) is 10.6 Å². The summed E-state index contributed by atoms with van der Waals surface area (Å²) in [4.78, 5) is 23.3. The summed E-state index contributed by atoms with van der Waals surface area (Å²) in [6.07, 6.45) is -5.00. The summed E-state index contributed by atoms with van der Waals surface area (Å²) in [7, 11) is 0. The van der Waals surface area contributed by atoms with Crippen molar-refractivity contribution in [2.24, 2.45) is 0 Å². The topological polar surface area (TPSA) is 76.7 Å². The van der Waals surface area contributed by atoms with E-state index in [1.807, 2.05) is 0 Å². The van der Waals surface area contributed by atoms with E-state index in [-0.39, 0.29) is 18.8 Å². The van der Waals surface area contributed by atoms with Crippen LogP contribution in [-0.2, 0) is 9.47 Å². The molecule has 0 aromatic heterocycles. The fourth-order valence-electron chi connectivity index (χ4n) is 1.68. The molecule has 0 atom stereocenters. The van der Waals surface area contributed by atoms with Gasteiger partial charge in [0.15, 0.2) is 0 Å². The molecule has 1 saturated heterocycles. The molecule has 22 heavy (non-hydrogen) atoms. The van der Waals surface area contributed by atoms with E-state index < -0.39 is 24.0 Å². The Morgan fingerprint density at radius 2 is 1.68 bits per heavy atom. The van der Waals surface area contributed by atoms with Crippen LogP contribution in [0, 0.1) is 0 Å². The van der Waals surface area contributed by atoms with Crippen LogP contribution < -0.4 is 10.6 Å². The molecule has 0 radical (unpaired) electrons. The minimum atomic E-state index is -5.00. The molecule has 2 rings (SSSR count). The van der Waals surface area contributed by atoms with E-state index in [0.717, 1.165) is 0 Å². The van der Waals surface area contributed by atoms with Crippen molar-refractivity contribution in [2.45, 2.75) is 12.1 Å². The van der Waals surface area contributed by atoms with Crippen LogP contribution in [0.15, 0.2) is 24.3 Å². The van der Waals surface area contributed by atoms with Crippen LogP contribution in [0.2, 0.25) is 5.02 Å². The van der Waals surface area contributed by atoms with Crippen LogP contribution in [0.25, 0.3) is 0 Å². The predicted octanol–water partition coefficient (Wildman–Crippen LogP) is 2.04. The number of nitrogens with one attached hydrogen (secondary N) is 2. The Kier molecular flexibility index (Phi) is 4.59. The van der Waals surface area contributed by atoms with E-state index in [0.29, 0.717) is 5.02 Å². The van der Waals surface area contributed by atoms with Gasteiger partial charge in [-0.05, 0) is 24.3 Å². The third-order valence-electron chi connectivity index (χ3n) is 2.68. The SMILES string of the molecule is O=C(NC(=O)c1ccc(Cl)cc1)NC1(C(F)(F)F)OCCO1. The van der Waals surface area contributed by atoms with E-state index in [1.165, 1.54) is 29.6 Å². The lowest BCUT2D eigenvalue weighted by Gasteiger charge is -2.29. The summed E-state index contributed by atoms with van der Waals surface area (Å²) in [5.74, 6) is -4.15. The molecule has 1 fully saturated rings. The van der Waals surface area contributed by atoms with Gasteiger partial charge in [0.2, 0.25) is 0 Å². The molecule has 1 aliphatic rings. The number of amides is 3. The van der Waals surface area contributed by atoms with E-state index in [1.54, 1.807) is 5.32 Å². The highest BCUT2D eigenvalue weighted by Gasteiger charge is 2.62. The fraction of sp³-hybridized carbons (Fsp3) is 0.333. The van der Waals surface area contributed by atoms with E-state index in [9.17, 15) is 22.8 Å². The highest BCUT2D eigenvalue weighted by atomic mass is 35.5. The predicted molar refractivity (Wildman–Crippen MR) is 68.1 cm³/mol. The zero-order chi connectivity index (χ0) is 16.4. The van der Waals surface area contributed by atoms with Gasteiger partial charge in [0.05, 0.1) is 13.2 Å². The molecular weight excluding hydrogens is 329 g/mol. The number of carbonyl (C=O) groups is 2. The summed E-state index contributed by atoms with van der Waals surface area (Å²) in [5.41, 5.74) is 0.0499. The molecule has 2 N–H and O–H groups in total. The van der Waals surface area contributed by atoms with Crippen LogP contribution in [0.4, 0.5) is 18.0 Å². The molecule has 1 heterocycles. The average molecular weight is 339 g/mol. The Labute approximate surface area is 127 Å². The minimum Gasteiger partial charge on any atom is -0.323 e. The van der Waals surface area contributed by atoms with Gasteiger partial charge >= 0.3 is 18.1 Å². The van der Waals surface area contributed by atoms with Gasteiger partial charge in [-0.15, -0.1) is 0 Å². The quantitative estimate of drug-likeness (QED) is 0.865. The molecule has 120 valence electrons. The van der Waals surface area contributed by atoms with E-state index in [2.05, 4.69) is 9.47 Å². The van der Waals surface area contributed by atoms with Crippen molar-refractivity contribution >= 4 is 23.5 Å². The second-order valence-electron chi connectivity index (χ2n) is 4.23. The molecule has 3 amide bonds. The lowest BCUT2D eigenvalue weighted by Crippen LogP contribution is -2.62.